The van der Waals surface area contributed by atoms with E-state index in [1.54, 1.807) is 0 Å². The first-order valence-electron chi connectivity index (χ1n) is 4.56. The maximum Gasteiger partial charge on any atom is 0.0615 e. The summed E-state index contributed by atoms with van der Waals surface area (Å²) in [4.78, 5) is 2.49. The quantitative estimate of drug-likeness (QED) is 0.562. The molecule has 0 aromatic rings. The van der Waals surface area contributed by atoms with Gasteiger partial charge < -0.3 is 9.64 Å². The SMILES string of the molecule is COC1CCC2C1CCN2C. The van der Waals surface area contributed by atoms with Gasteiger partial charge in [-0.1, -0.05) is 0 Å². The molecule has 3 atom stereocenters. The Morgan fingerprint density at radius 3 is 2.82 bits per heavy atom. The number of likely N-dealkylation sites (tertiary alicyclic amines) is 1. The molecular weight excluding hydrogens is 138 g/mol. The summed E-state index contributed by atoms with van der Waals surface area (Å²) >= 11 is 0. The Labute approximate surface area is 68.5 Å². The number of hydrogen-bond donors (Lipinski definition) is 0. The molecule has 0 bridgehead atoms. The third-order valence-corrected chi connectivity index (χ3v) is 3.40. The summed E-state index contributed by atoms with van der Waals surface area (Å²) in [5.41, 5.74) is 0. The number of hydrogen-bond acceptors (Lipinski definition) is 2. The van der Waals surface area contributed by atoms with Gasteiger partial charge in [-0.05, 0) is 32.9 Å². The van der Waals surface area contributed by atoms with Crippen molar-refractivity contribution in [3.63, 3.8) is 0 Å². The lowest BCUT2D eigenvalue weighted by Gasteiger charge is -2.19. The normalized spacial score (nSPS) is 44.7. The Balaban J connectivity index is 2.04. The fourth-order valence-corrected chi connectivity index (χ4v) is 2.75. The minimum absolute atomic E-state index is 0.560. The van der Waals surface area contributed by atoms with E-state index in [2.05, 4.69) is 11.9 Å². The zero-order chi connectivity index (χ0) is 7.84. The lowest BCUT2D eigenvalue weighted by molar-refractivity contribution is 0.0695. The van der Waals surface area contributed by atoms with Crippen LogP contribution in [0.5, 0.6) is 0 Å². The highest BCUT2D eigenvalue weighted by molar-refractivity contribution is 4.95. The summed E-state index contributed by atoms with van der Waals surface area (Å²) < 4.78 is 5.45. The Kier molecular flexibility index (Phi) is 1.90. The van der Waals surface area contributed by atoms with E-state index in [0.717, 1.165) is 12.0 Å². The van der Waals surface area contributed by atoms with Crippen LogP contribution in [0.15, 0.2) is 0 Å². The molecule has 2 nitrogen and oxygen atoms in total. The van der Waals surface area contributed by atoms with Crippen molar-refractivity contribution in [2.24, 2.45) is 5.92 Å². The highest BCUT2D eigenvalue weighted by Gasteiger charge is 2.42. The molecule has 0 aromatic carbocycles. The van der Waals surface area contributed by atoms with Crippen molar-refractivity contribution < 1.29 is 4.74 Å². The van der Waals surface area contributed by atoms with Gasteiger partial charge in [0.15, 0.2) is 0 Å². The van der Waals surface area contributed by atoms with Gasteiger partial charge in [0.2, 0.25) is 0 Å². The van der Waals surface area contributed by atoms with Crippen LogP contribution in [-0.4, -0.2) is 37.7 Å². The largest absolute Gasteiger partial charge is 0.381 e. The van der Waals surface area contributed by atoms with Crippen molar-refractivity contribution in [1.29, 1.82) is 0 Å². The minimum Gasteiger partial charge on any atom is -0.381 e. The number of methoxy groups -OCH3 is 1. The van der Waals surface area contributed by atoms with Crippen LogP contribution in [0.2, 0.25) is 0 Å². The second-order valence-corrected chi connectivity index (χ2v) is 3.85. The summed E-state index contributed by atoms with van der Waals surface area (Å²) in [6, 6.07) is 0.833. The van der Waals surface area contributed by atoms with Crippen molar-refractivity contribution in [3.8, 4) is 0 Å². The molecule has 0 amide bonds. The van der Waals surface area contributed by atoms with E-state index in [4.69, 9.17) is 4.74 Å². The van der Waals surface area contributed by atoms with Crippen LogP contribution in [-0.2, 0) is 4.74 Å². The van der Waals surface area contributed by atoms with Gasteiger partial charge >= 0.3 is 0 Å². The molecule has 0 radical (unpaired) electrons. The molecule has 3 unspecified atom stereocenters. The van der Waals surface area contributed by atoms with E-state index in [-0.39, 0.29) is 0 Å². The van der Waals surface area contributed by atoms with Gasteiger partial charge in [-0.15, -0.1) is 0 Å². The average molecular weight is 155 g/mol. The maximum atomic E-state index is 5.45. The van der Waals surface area contributed by atoms with Crippen LogP contribution in [0.1, 0.15) is 19.3 Å². The molecule has 2 aliphatic rings. The Morgan fingerprint density at radius 1 is 1.27 bits per heavy atom. The monoisotopic (exact) mass is 155 g/mol. The molecule has 64 valence electrons. The maximum absolute atomic E-state index is 5.45. The van der Waals surface area contributed by atoms with Crippen molar-refractivity contribution >= 4 is 0 Å². The molecule has 2 fully saturated rings. The van der Waals surface area contributed by atoms with Gasteiger partial charge in [-0.2, -0.15) is 0 Å². The summed E-state index contributed by atoms with van der Waals surface area (Å²) in [5.74, 6) is 0.838. The molecule has 2 rings (SSSR count). The molecular formula is C9H17NO. The van der Waals surface area contributed by atoms with Crippen molar-refractivity contribution in [1.82, 2.24) is 4.90 Å². The number of rotatable bonds is 1. The Bertz CT molecular complexity index is 148. The minimum atomic E-state index is 0.560. The Morgan fingerprint density at radius 2 is 2.09 bits per heavy atom. The van der Waals surface area contributed by atoms with Gasteiger partial charge in [0, 0.05) is 19.1 Å². The second kappa shape index (κ2) is 2.76. The van der Waals surface area contributed by atoms with Crippen LogP contribution >= 0.6 is 0 Å². The fourth-order valence-electron chi connectivity index (χ4n) is 2.75. The van der Waals surface area contributed by atoms with E-state index in [1.165, 1.54) is 25.8 Å². The number of ether oxygens (including phenoxy) is 1. The van der Waals surface area contributed by atoms with Gasteiger partial charge in [0.25, 0.3) is 0 Å². The highest BCUT2D eigenvalue weighted by Crippen LogP contribution is 2.38. The molecule has 2 heteroatoms. The molecule has 0 N–H and O–H groups in total. The molecule has 1 saturated carbocycles. The van der Waals surface area contributed by atoms with E-state index >= 15 is 0 Å². The predicted molar refractivity (Wildman–Crippen MR) is 44.6 cm³/mol. The first kappa shape index (κ1) is 7.56. The smallest absolute Gasteiger partial charge is 0.0615 e. The molecule has 1 aliphatic heterocycles. The molecule has 11 heavy (non-hydrogen) atoms. The topological polar surface area (TPSA) is 12.5 Å². The van der Waals surface area contributed by atoms with Crippen molar-refractivity contribution in [3.05, 3.63) is 0 Å². The predicted octanol–water partition coefficient (Wildman–Crippen LogP) is 1.12. The first-order chi connectivity index (χ1) is 5.33. The van der Waals surface area contributed by atoms with E-state index in [0.29, 0.717) is 6.10 Å². The van der Waals surface area contributed by atoms with Crippen molar-refractivity contribution in [2.45, 2.75) is 31.4 Å². The van der Waals surface area contributed by atoms with Crippen LogP contribution in [0.25, 0.3) is 0 Å². The molecule has 1 saturated heterocycles. The number of fused-ring (bicyclic) bond motifs is 1. The van der Waals surface area contributed by atoms with E-state index in [9.17, 15) is 0 Å². The standard InChI is InChI=1S/C9H17NO/c1-10-6-5-7-8(10)3-4-9(7)11-2/h7-9H,3-6H2,1-2H3. The fraction of sp³-hybridized carbons (Fsp3) is 1.00. The van der Waals surface area contributed by atoms with Crippen LogP contribution in [0, 0.1) is 5.92 Å². The average Bonchev–Trinajstić information content (AvgIpc) is 2.53. The Hall–Kier alpha value is -0.0800. The lowest BCUT2D eigenvalue weighted by atomic mass is 10.0. The summed E-state index contributed by atoms with van der Waals surface area (Å²) in [6.45, 7) is 1.27. The van der Waals surface area contributed by atoms with E-state index in [1.807, 2.05) is 7.11 Å². The third kappa shape index (κ3) is 1.09. The zero-order valence-corrected chi connectivity index (χ0v) is 7.42. The van der Waals surface area contributed by atoms with Gasteiger partial charge in [0.05, 0.1) is 6.10 Å². The van der Waals surface area contributed by atoms with E-state index < -0.39 is 0 Å². The van der Waals surface area contributed by atoms with Crippen molar-refractivity contribution in [2.75, 3.05) is 20.7 Å². The molecule has 1 aliphatic carbocycles. The molecule has 0 aromatic heterocycles. The summed E-state index contributed by atoms with van der Waals surface area (Å²) in [6.07, 6.45) is 4.53. The lowest BCUT2D eigenvalue weighted by Crippen LogP contribution is -2.27. The van der Waals surface area contributed by atoms with Crippen LogP contribution in [0.3, 0.4) is 0 Å². The van der Waals surface area contributed by atoms with Gasteiger partial charge in [-0.25, -0.2) is 0 Å². The molecule has 1 heterocycles. The van der Waals surface area contributed by atoms with Crippen LogP contribution in [0.4, 0.5) is 0 Å². The van der Waals surface area contributed by atoms with Crippen LogP contribution < -0.4 is 0 Å². The summed E-state index contributed by atoms with van der Waals surface area (Å²) in [5, 5.41) is 0. The highest BCUT2D eigenvalue weighted by atomic mass is 16.5. The third-order valence-electron chi connectivity index (χ3n) is 3.40. The first-order valence-corrected chi connectivity index (χ1v) is 4.56. The zero-order valence-electron chi connectivity index (χ0n) is 7.42. The number of nitrogens with zero attached hydrogens (tertiary/aromatic N) is 1. The van der Waals surface area contributed by atoms with Gasteiger partial charge in [0.1, 0.15) is 0 Å². The molecule has 0 spiro atoms. The second-order valence-electron chi connectivity index (χ2n) is 3.85. The van der Waals surface area contributed by atoms with Gasteiger partial charge in [-0.3, -0.25) is 0 Å². The summed E-state index contributed by atoms with van der Waals surface area (Å²) in [7, 11) is 4.09.